The molecule has 1 aromatic rings. The molecule has 0 radical (unpaired) electrons. The van der Waals surface area contributed by atoms with Crippen LogP contribution in [0.25, 0.3) is 0 Å². The van der Waals surface area contributed by atoms with Crippen LogP contribution in [-0.4, -0.2) is 73.4 Å². The number of fused-ring (bicyclic) bond motifs is 1. The molecule has 3 rings (SSSR count). The van der Waals surface area contributed by atoms with Gasteiger partial charge in [0.1, 0.15) is 6.54 Å². The number of amides is 3. The standard InChI is InChI=1S/C19H27N3O4S/c1-4-14-7-9-15(10-8-14)22-17-13-27(25,26)12-16(17)21(19(22)24)11-18(23)20(5-2)6-3/h7-10,16-17H,4-6,11-13H2,1-3H3/t16-,17-/m1/s1. The molecule has 0 saturated carbocycles. The first-order valence-electron chi connectivity index (χ1n) is 9.48. The SMILES string of the molecule is CCc1ccc(N2C(=O)N(CC(=O)N(CC)CC)[C@@H]3CS(=O)(=O)C[C@H]32)cc1. The van der Waals surface area contributed by atoms with Gasteiger partial charge >= 0.3 is 6.03 Å². The summed E-state index contributed by atoms with van der Waals surface area (Å²) >= 11 is 0. The number of rotatable bonds is 6. The molecule has 2 atom stereocenters. The second-order valence-electron chi connectivity index (χ2n) is 7.08. The Morgan fingerprint density at radius 1 is 1.07 bits per heavy atom. The van der Waals surface area contributed by atoms with Gasteiger partial charge in [0.2, 0.25) is 5.91 Å². The highest BCUT2D eigenvalue weighted by Crippen LogP contribution is 2.35. The molecule has 0 unspecified atom stereocenters. The van der Waals surface area contributed by atoms with Gasteiger partial charge < -0.3 is 9.80 Å². The number of nitrogens with zero attached hydrogens (tertiary/aromatic N) is 3. The highest BCUT2D eigenvalue weighted by molar-refractivity contribution is 7.91. The highest BCUT2D eigenvalue weighted by atomic mass is 32.2. The third kappa shape index (κ3) is 3.67. The molecule has 0 bridgehead atoms. The summed E-state index contributed by atoms with van der Waals surface area (Å²) in [5.74, 6) is -0.299. The Morgan fingerprint density at radius 2 is 1.67 bits per heavy atom. The number of urea groups is 1. The number of benzene rings is 1. The summed E-state index contributed by atoms with van der Waals surface area (Å²) in [4.78, 5) is 30.3. The first kappa shape index (κ1) is 19.7. The summed E-state index contributed by atoms with van der Waals surface area (Å²) in [5, 5.41) is 0. The van der Waals surface area contributed by atoms with Gasteiger partial charge in [-0.3, -0.25) is 9.69 Å². The molecule has 2 aliphatic rings. The lowest BCUT2D eigenvalue weighted by molar-refractivity contribution is -0.131. The Bertz CT molecular complexity index is 818. The summed E-state index contributed by atoms with van der Waals surface area (Å²) in [6, 6.07) is 6.40. The number of likely N-dealkylation sites (N-methyl/N-ethyl adjacent to an activating group) is 1. The zero-order valence-electron chi connectivity index (χ0n) is 16.1. The van der Waals surface area contributed by atoms with Gasteiger partial charge in [0.05, 0.1) is 23.6 Å². The van der Waals surface area contributed by atoms with E-state index in [1.165, 1.54) is 4.90 Å². The smallest absolute Gasteiger partial charge is 0.325 e. The van der Waals surface area contributed by atoms with Crippen molar-refractivity contribution in [2.24, 2.45) is 0 Å². The van der Waals surface area contributed by atoms with E-state index in [0.717, 1.165) is 12.0 Å². The summed E-state index contributed by atoms with van der Waals surface area (Å²) in [6.45, 7) is 6.87. The zero-order valence-corrected chi connectivity index (χ0v) is 16.9. The number of sulfone groups is 1. The lowest BCUT2D eigenvalue weighted by atomic mass is 10.1. The molecule has 2 aliphatic heterocycles. The maximum atomic E-state index is 13.1. The van der Waals surface area contributed by atoms with Crippen LogP contribution in [0.15, 0.2) is 24.3 Å². The Morgan fingerprint density at radius 3 is 2.22 bits per heavy atom. The molecule has 0 N–H and O–H groups in total. The molecule has 2 fully saturated rings. The molecule has 2 saturated heterocycles. The van der Waals surface area contributed by atoms with Crippen LogP contribution in [0, 0.1) is 0 Å². The van der Waals surface area contributed by atoms with Crippen LogP contribution in [-0.2, 0) is 21.1 Å². The average Bonchev–Trinajstić information content (AvgIpc) is 3.07. The average molecular weight is 394 g/mol. The van der Waals surface area contributed by atoms with Crippen LogP contribution in [0.2, 0.25) is 0 Å². The van der Waals surface area contributed by atoms with Gasteiger partial charge in [0, 0.05) is 18.8 Å². The van der Waals surface area contributed by atoms with E-state index in [2.05, 4.69) is 6.92 Å². The number of carbonyl (C=O) groups is 2. The maximum Gasteiger partial charge on any atom is 0.325 e. The molecule has 3 amide bonds. The van der Waals surface area contributed by atoms with Gasteiger partial charge in [-0.2, -0.15) is 0 Å². The van der Waals surface area contributed by atoms with Crippen LogP contribution in [0.1, 0.15) is 26.3 Å². The molecule has 7 nitrogen and oxygen atoms in total. The fraction of sp³-hybridized carbons (Fsp3) is 0.579. The van der Waals surface area contributed by atoms with Crippen molar-refractivity contribution >= 4 is 27.5 Å². The van der Waals surface area contributed by atoms with Crippen molar-refractivity contribution < 1.29 is 18.0 Å². The predicted octanol–water partition coefficient (Wildman–Crippen LogP) is 1.53. The van der Waals surface area contributed by atoms with Crippen LogP contribution >= 0.6 is 0 Å². The van der Waals surface area contributed by atoms with E-state index in [-0.39, 0.29) is 30.0 Å². The third-order valence-corrected chi connectivity index (χ3v) is 7.22. The molecular weight excluding hydrogens is 366 g/mol. The van der Waals surface area contributed by atoms with E-state index in [4.69, 9.17) is 0 Å². The minimum atomic E-state index is -3.24. The van der Waals surface area contributed by atoms with Gasteiger partial charge in [-0.25, -0.2) is 13.2 Å². The number of hydrogen-bond acceptors (Lipinski definition) is 4. The molecule has 0 spiro atoms. The third-order valence-electron chi connectivity index (χ3n) is 5.52. The lowest BCUT2D eigenvalue weighted by Gasteiger charge is -2.25. The summed E-state index contributed by atoms with van der Waals surface area (Å²) in [5.41, 5.74) is 1.83. The molecule has 1 aromatic carbocycles. The van der Waals surface area contributed by atoms with Crippen LogP contribution in [0.3, 0.4) is 0 Å². The Labute approximate surface area is 160 Å². The fourth-order valence-electron chi connectivity index (χ4n) is 3.98. The number of hydrogen-bond donors (Lipinski definition) is 0. The number of anilines is 1. The molecule has 2 heterocycles. The van der Waals surface area contributed by atoms with E-state index in [1.807, 2.05) is 38.1 Å². The Balaban J connectivity index is 1.91. The summed E-state index contributed by atoms with van der Waals surface area (Å²) in [7, 11) is -3.24. The normalized spacial score (nSPS) is 23.6. The van der Waals surface area contributed by atoms with Crippen LogP contribution < -0.4 is 4.90 Å². The van der Waals surface area contributed by atoms with E-state index in [1.54, 1.807) is 9.80 Å². The van der Waals surface area contributed by atoms with Crippen LogP contribution in [0.4, 0.5) is 10.5 Å². The molecule has 148 valence electrons. The molecule has 8 heteroatoms. The van der Waals surface area contributed by atoms with Crippen molar-refractivity contribution in [1.82, 2.24) is 9.80 Å². The lowest BCUT2D eigenvalue weighted by Crippen LogP contribution is -2.45. The van der Waals surface area contributed by atoms with Crippen molar-refractivity contribution in [2.45, 2.75) is 39.3 Å². The molecule has 27 heavy (non-hydrogen) atoms. The first-order chi connectivity index (χ1) is 12.8. The highest BCUT2D eigenvalue weighted by Gasteiger charge is 2.54. The number of aryl methyl sites for hydroxylation is 1. The molecule has 0 aromatic heterocycles. The zero-order chi connectivity index (χ0) is 19.8. The quantitative estimate of drug-likeness (QED) is 0.687. The maximum absolute atomic E-state index is 13.1. The monoisotopic (exact) mass is 393 g/mol. The molecule has 0 aliphatic carbocycles. The van der Waals surface area contributed by atoms with Gasteiger partial charge in [-0.15, -0.1) is 0 Å². The number of carbonyl (C=O) groups excluding carboxylic acids is 2. The second kappa shape index (κ2) is 7.50. The topological polar surface area (TPSA) is 78.0 Å². The molecular formula is C19H27N3O4S. The van der Waals surface area contributed by atoms with Crippen molar-refractivity contribution in [3.63, 3.8) is 0 Å². The second-order valence-corrected chi connectivity index (χ2v) is 9.23. The fourth-order valence-corrected chi connectivity index (χ4v) is 5.93. The largest absolute Gasteiger partial charge is 0.342 e. The van der Waals surface area contributed by atoms with E-state index < -0.39 is 21.9 Å². The minimum Gasteiger partial charge on any atom is -0.342 e. The van der Waals surface area contributed by atoms with Crippen molar-refractivity contribution in [3.8, 4) is 0 Å². The van der Waals surface area contributed by atoms with E-state index in [9.17, 15) is 18.0 Å². The Kier molecular flexibility index (Phi) is 5.46. The van der Waals surface area contributed by atoms with E-state index >= 15 is 0 Å². The van der Waals surface area contributed by atoms with Gasteiger partial charge in [0.25, 0.3) is 0 Å². The van der Waals surface area contributed by atoms with E-state index in [0.29, 0.717) is 18.8 Å². The van der Waals surface area contributed by atoms with Crippen molar-refractivity contribution in [3.05, 3.63) is 29.8 Å². The predicted molar refractivity (Wildman–Crippen MR) is 105 cm³/mol. The van der Waals surface area contributed by atoms with Crippen LogP contribution in [0.5, 0.6) is 0 Å². The van der Waals surface area contributed by atoms with Gasteiger partial charge in [-0.1, -0.05) is 19.1 Å². The van der Waals surface area contributed by atoms with Gasteiger partial charge in [-0.05, 0) is 38.0 Å². The Hall–Kier alpha value is -2.09. The van der Waals surface area contributed by atoms with Gasteiger partial charge in [0.15, 0.2) is 9.84 Å². The van der Waals surface area contributed by atoms with Crippen molar-refractivity contribution in [1.29, 1.82) is 0 Å². The summed E-state index contributed by atoms with van der Waals surface area (Å²) in [6.07, 6.45) is 0.888. The van der Waals surface area contributed by atoms with Crippen molar-refractivity contribution in [2.75, 3.05) is 36.0 Å². The summed E-state index contributed by atoms with van der Waals surface area (Å²) < 4.78 is 24.5. The first-order valence-corrected chi connectivity index (χ1v) is 11.3. The minimum absolute atomic E-state index is 0.0606.